The van der Waals surface area contributed by atoms with Crippen molar-refractivity contribution in [3.63, 3.8) is 0 Å². The molecule has 1 aliphatic rings. The quantitative estimate of drug-likeness (QED) is 0.798. The Balaban J connectivity index is 2.04. The van der Waals surface area contributed by atoms with Crippen molar-refractivity contribution >= 4 is 28.5 Å². The minimum absolute atomic E-state index is 0.0337. The molecule has 0 spiro atoms. The first-order chi connectivity index (χ1) is 8.49. The summed E-state index contributed by atoms with van der Waals surface area (Å²) in [5.41, 5.74) is 0.849. The van der Waals surface area contributed by atoms with Crippen LogP contribution in [0.15, 0.2) is 24.3 Å². The first kappa shape index (κ1) is 13.8. The molecule has 98 valence electrons. The Bertz CT molecular complexity index is 428. The fourth-order valence-corrected chi connectivity index (χ4v) is 2.64. The predicted molar refractivity (Wildman–Crippen MR) is 81.7 cm³/mol. The molecular formula is C14H19IN2O. The molecule has 1 unspecified atom stereocenters. The molecule has 4 heteroatoms. The molecule has 0 aromatic heterocycles. The van der Waals surface area contributed by atoms with E-state index in [1.54, 1.807) is 0 Å². The minimum atomic E-state index is 0.0337. The molecule has 1 aromatic rings. The summed E-state index contributed by atoms with van der Waals surface area (Å²) in [6, 6.07) is 7.92. The molecule has 0 bridgehead atoms. The zero-order valence-electron chi connectivity index (χ0n) is 10.8. The molecular weight excluding hydrogens is 339 g/mol. The molecule has 2 N–H and O–H groups in total. The van der Waals surface area contributed by atoms with E-state index >= 15 is 0 Å². The Morgan fingerprint density at radius 1 is 1.39 bits per heavy atom. The van der Waals surface area contributed by atoms with E-state index in [2.05, 4.69) is 47.1 Å². The highest BCUT2D eigenvalue weighted by Crippen LogP contribution is 2.25. The van der Waals surface area contributed by atoms with Crippen LogP contribution in [-0.4, -0.2) is 25.0 Å². The summed E-state index contributed by atoms with van der Waals surface area (Å²) in [6.45, 7) is 6.31. The second kappa shape index (κ2) is 5.57. The third-order valence-electron chi connectivity index (χ3n) is 3.55. The fourth-order valence-electron chi connectivity index (χ4n) is 2.28. The van der Waals surface area contributed by atoms with Crippen LogP contribution >= 0.6 is 22.6 Å². The van der Waals surface area contributed by atoms with Crippen LogP contribution in [0.1, 0.15) is 30.6 Å². The highest BCUT2D eigenvalue weighted by atomic mass is 127. The third kappa shape index (κ3) is 3.23. The number of amides is 1. The Hall–Kier alpha value is -0.620. The fraction of sp³-hybridized carbons (Fsp3) is 0.500. The molecule has 1 atom stereocenters. The van der Waals surface area contributed by atoms with Crippen molar-refractivity contribution in [1.29, 1.82) is 0 Å². The lowest BCUT2D eigenvalue weighted by Crippen LogP contribution is -2.54. The van der Waals surface area contributed by atoms with Gasteiger partial charge >= 0.3 is 0 Å². The molecule has 0 aliphatic carbocycles. The number of carbonyl (C=O) groups excluding carboxylic acids is 1. The molecule has 18 heavy (non-hydrogen) atoms. The van der Waals surface area contributed by atoms with Crippen LogP contribution in [0.5, 0.6) is 0 Å². The van der Waals surface area contributed by atoms with Gasteiger partial charge in [-0.2, -0.15) is 0 Å². The predicted octanol–water partition coefficient (Wildman–Crippen LogP) is 2.41. The van der Waals surface area contributed by atoms with Crippen molar-refractivity contribution in [3.8, 4) is 0 Å². The monoisotopic (exact) mass is 358 g/mol. The lowest BCUT2D eigenvalue weighted by molar-refractivity contribution is 0.0868. The SMILES string of the molecule is CC1(C)CNCCC1NC(=O)c1ccc(I)cc1. The van der Waals surface area contributed by atoms with Gasteiger partial charge in [-0.3, -0.25) is 4.79 Å². The van der Waals surface area contributed by atoms with E-state index in [4.69, 9.17) is 0 Å². The molecule has 3 nitrogen and oxygen atoms in total. The number of hydrogen-bond acceptors (Lipinski definition) is 2. The second-order valence-electron chi connectivity index (χ2n) is 5.49. The maximum atomic E-state index is 12.2. The molecule has 0 saturated carbocycles. The van der Waals surface area contributed by atoms with Gasteiger partial charge in [-0.05, 0) is 65.2 Å². The van der Waals surface area contributed by atoms with Gasteiger partial charge in [0.15, 0.2) is 0 Å². The van der Waals surface area contributed by atoms with Crippen molar-refractivity contribution in [2.75, 3.05) is 13.1 Å². The number of benzene rings is 1. The van der Waals surface area contributed by atoms with Crippen molar-refractivity contribution in [2.24, 2.45) is 5.41 Å². The van der Waals surface area contributed by atoms with E-state index in [1.165, 1.54) is 0 Å². The van der Waals surface area contributed by atoms with Gasteiger partial charge in [-0.1, -0.05) is 13.8 Å². The van der Waals surface area contributed by atoms with E-state index in [9.17, 15) is 4.79 Å². The maximum Gasteiger partial charge on any atom is 0.251 e. The van der Waals surface area contributed by atoms with E-state index in [1.807, 2.05) is 24.3 Å². The largest absolute Gasteiger partial charge is 0.349 e. The van der Waals surface area contributed by atoms with E-state index in [-0.39, 0.29) is 17.4 Å². The summed E-state index contributed by atoms with van der Waals surface area (Å²) in [4.78, 5) is 12.2. The summed E-state index contributed by atoms with van der Waals surface area (Å²) in [7, 11) is 0. The summed E-state index contributed by atoms with van der Waals surface area (Å²) in [5, 5.41) is 6.54. The number of carbonyl (C=O) groups is 1. The van der Waals surface area contributed by atoms with Crippen molar-refractivity contribution in [3.05, 3.63) is 33.4 Å². The van der Waals surface area contributed by atoms with Crippen LogP contribution in [0.2, 0.25) is 0 Å². The molecule has 1 aromatic carbocycles. The maximum absolute atomic E-state index is 12.2. The number of halogens is 1. The van der Waals surface area contributed by atoms with Gasteiger partial charge < -0.3 is 10.6 Å². The zero-order chi connectivity index (χ0) is 13.2. The number of rotatable bonds is 2. The summed E-state index contributed by atoms with van der Waals surface area (Å²) in [5.74, 6) is 0.0337. The highest BCUT2D eigenvalue weighted by molar-refractivity contribution is 14.1. The van der Waals surface area contributed by atoms with Gasteiger partial charge in [-0.15, -0.1) is 0 Å². The topological polar surface area (TPSA) is 41.1 Å². The van der Waals surface area contributed by atoms with Crippen LogP contribution in [0.25, 0.3) is 0 Å². The molecule has 1 heterocycles. The summed E-state index contributed by atoms with van der Waals surface area (Å²) >= 11 is 2.24. The van der Waals surface area contributed by atoms with E-state index < -0.39 is 0 Å². The lowest BCUT2D eigenvalue weighted by Gasteiger charge is -2.39. The normalized spacial score (nSPS) is 22.5. The van der Waals surface area contributed by atoms with Gasteiger partial charge in [0.05, 0.1) is 0 Å². The molecule has 1 amide bonds. The van der Waals surface area contributed by atoms with Crippen LogP contribution in [-0.2, 0) is 0 Å². The minimum Gasteiger partial charge on any atom is -0.349 e. The van der Waals surface area contributed by atoms with E-state index in [0.29, 0.717) is 0 Å². The van der Waals surface area contributed by atoms with Crippen molar-refractivity contribution in [2.45, 2.75) is 26.3 Å². The van der Waals surface area contributed by atoms with Gasteiger partial charge in [0.1, 0.15) is 0 Å². The Labute approximate surface area is 122 Å². The van der Waals surface area contributed by atoms with Gasteiger partial charge in [-0.25, -0.2) is 0 Å². The van der Waals surface area contributed by atoms with Crippen LogP contribution in [0, 0.1) is 8.99 Å². The average molecular weight is 358 g/mol. The van der Waals surface area contributed by atoms with Crippen LogP contribution in [0.3, 0.4) is 0 Å². The highest BCUT2D eigenvalue weighted by Gasteiger charge is 2.33. The zero-order valence-corrected chi connectivity index (χ0v) is 13.0. The molecule has 1 saturated heterocycles. The third-order valence-corrected chi connectivity index (χ3v) is 4.26. The van der Waals surface area contributed by atoms with Gasteiger partial charge in [0.25, 0.3) is 5.91 Å². The number of hydrogen-bond donors (Lipinski definition) is 2. The molecule has 2 rings (SSSR count). The van der Waals surface area contributed by atoms with Crippen LogP contribution in [0.4, 0.5) is 0 Å². The molecule has 1 aliphatic heterocycles. The Morgan fingerprint density at radius 3 is 2.67 bits per heavy atom. The number of piperidine rings is 1. The molecule has 1 fully saturated rings. The Kier molecular flexibility index (Phi) is 4.27. The van der Waals surface area contributed by atoms with Crippen molar-refractivity contribution in [1.82, 2.24) is 10.6 Å². The van der Waals surface area contributed by atoms with Gasteiger partial charge in [0.2, 0.25) is 0 Å². The van der Waals surface area contributed by atoms with Crippen LogP contribution < -0.4 is 10.6 Å². The first-order valence-corrected chi connectivity index (χ1v) is 7.34. The average Bonchev–Trinajstić information content (AvgIpc) is 2.32. The Morgan fingerprint density at radius 2 is 2.06 bits per heavy atom. The standard InChI is InChI=1S/C14H19IN2O/c1-14(2)9-16-8-7-12(14)17-13(18)10-3-5-11(15)6-4-10/h3-6,12,16H,7-9H2,1-2H3,(H,17,18). The van der Waals surface area contributed by atoms with Gasteiger partial charge in [0, 0.05) is 21.7 Å². The lowest BCUT2D eigenvalue weighted by atomic mass is 9.80. The molecule has 0 radical (unpaired) electrons. The number of nitrogens with one attached hydrogen (secondary N) is 2. The van der Waals surface area contributed by atoms with E-state index in [0.717, 1.165) is 28.6 Å². The summed E-state index contributed by atoms with van der Waals surface area (Å²) < 4.78 is 1.14. The first-order valence-electron chi connectivity index (χ1n) is 6.26. The summed E-state index contributed by atoms with van der Waals surface area (Å²) in [6.07, 6.45) is 0.989. The second-order valence-corrected chi connectivity index (χ2v) is 6.73. The van der Waals surface area contributed by atoms with Crippen molar-refractivity contribution < 1.29 is 4.79 Å². The smallest absolute Gasteiger partial charge is 0.251 e.